The van der Waals surface area contributed by atoms with Crippen molar-refractivity contribution in [3.63, 3.8) is 0 Å². The molecule has 1 aliphatic heterocycles. The minimum atomic E-state index is -3.43. The van der Waals surface area contributed by atoms with Gasteiger partial charge in [0, 0.05) is 16.9 Å². The Hall–Kier alpha value is -1.33. The predicted octanol–water partition coefficient (Wildman–Crippen LogP) is 2.33. The van der Waals surface area contributed by atoms with E-state index >= 15 is 0 Å². The third kappa shape index (κ3) is 2.35. The second-order valence-corrected chi connectivity index (χ2v) is 5.92. The number of carbonyl (C=O) groups is 1. The van der Waals surface area contributed by atoms with Crippen molar-refractivity contribution in [2.45, 2.75) is 17.7 Å². The summed E-state index contributed by atoms with van der Waals surface area (Å²) < 4.78 is 23.5. The number of carboxylic acids is 1. The van der Waals surface area contributed by atoms with Gasteiger partial charge in [-0.2, -0.15) is 0 Å². The van der Waals surface area contributed by atoms with E-state index in [9.17, 15) is 13.2 Å². The lowest BCUT2D eigenvalue weighted by molar-refractivity contribution is -0.136. The number of hydrogen-bond donors (Lipinski definition) is 1. The lowest BCUT2D eigenvalue weighted by Gasteiger charge is -2.03. The van der Waals surface area contributed by atoms with Crippen LogP contribution in [-0.4, -0.2) is 19.5 Å². The summed E-state index contributed by atoms with van der Waals surface area (Å²) in [7, 11) is -3.43. The molecule has 2 rings (SSSR count). The summed E-state index contributed by atoms with van der Waals surface area (Å²) in [5.41, 5.74) is 1.02. The van der Waals surface area contributed by atoms with E-state index in [1.54, 1.807) is 6.07 Å². The average Bonchev–Trinajstić information content (AvgIpc) is 2.47. The molecule has 1 aliphatic rings. The first-order valence-corrected chi connectivity index (χ1v) is 6.80. The van der Waals surface area contributed by atoms with Gasteiger partial charge in [0.25, 0.3) is 0 Å². The fourth-order valence-corrected chi connectivity index (χ4v) is 3.42. The third-order valence-electron chi connectivity index (χ3n) is 2.50. The fraction of sp³-hybridized carbons (Fsp3) is 0.182. The summed E-state index contributed by atoms with van der Waals surface area (Å²) in [5, 5.41) is 10.2. The number of sulfone groups is 1. The largest absolute Gasteiger partial charge is 0.481 e. The zero-order chi connectivity index (χ0) is 12.6. The summed E-state index contributed by atoms with van der Waals surface area (Å²) in [6, 6.07) is 4.50. The Morgan fingerprint density at radius 3 is 2.71 bits per heavy atom. The fourth-order valence-electron chi connectivity index (χ4n) is 1.75. The summed E-state index contributed by atoms with van der Waals surface area (Å²) in [6.07, 6.45) is 0.0786. The minimum absolute atomic E-state index is 0.104. The number of hydrogen-bond acceptors (Lipinski definition) is 3. The van der Waals surface area contributed by atoms with Gasteiger partial charge in [-0.1, -0.05) is 11.6 Å². The molecule has 0 aliphatic carbocycles. The molecule has 6 heteroatoms. The standard InChI is InChI=1S/C11H9ClO4S/c12-8-2-3-10-9(5-8)7(1-4-11(13)14)6-17(10,15)16/h2-3,5-6H,1,4H2,(H,13,14). The second-order valence-electron chi connectivity index (χ2n) is 3.72. The van der Waals surface area contributed by atoms with Gasteiger partial charge in [-0.15, -0.1) is 0 Å². The van der Waals surface area contributed by atoms with E-state index in [1.165, 1.54) is 12.1 Å². The Bertz CT molecular complexity index is 616. The zero-order valence-electron chi connectivity index (χ0n) is 8.68. The molecule has 0 spiro atoms. The van der Waals surface area contributed by atoms with E-state index in [4.69, 9.17) is 16.7 Å². The molecule has 90 valence electrons. The Kier molecular flexibility index (Phi) is 2.97. The van der Waals surface area contributed by atoms with Crippen molar-refractivity contribution in [2.24, 2.45) is 0 Å². The van der Waals surface area contributed by atoms with Gasteiger partial charge in [0.05, 0.1) is 4.90 Å². The molecule has 0 saturated carbocycles. The molecule has 0 amide bonds. The van der Waals surface area contributed by atoms with Crippen molar-refractivity contribution >= 4 is 33.0 Å². The number of fused-ring (bicyclic) bond motifs is 1. The Morgan fingerprint density at radius 1 is 1.35 bits per heavy atom. The summed E-state index contributed by atoms with van der Waals surface area (Å²) in [5.74, 6) is -0.959. The SMILES string of the molecule is O=C(O)CCC1=CS(=O)(=O)c2ccc(Cl)cc21. The molecule has 0 bridgehead atoms. The molecular weight excluding hydrogens is 264 g/mol. The molecule has 1 aromatic rings. The summed E-state index contributed by atoms with van der Waals surface area (Å²) >= 11 is 5.81. The predicted molar refractivity (Wildman–Crippen MR) is 63.5 cm³/mol. The van der Waals surface area contributed by atoms with Crippen molar-refractivity contribution < 1.29 is 18.3 Å². The van der Waals surface area contributed by atoms with E-state index < -0.39 is 15.8 Å². The first kappa shape index (κ1) is 12.1. The van der Waals surface area contributed by atoms with Crippen LogP contribution in [0.5, 0.6) is 0 Å². The maximum absolute atomic E-state index is 11.8. The van der Waals surface area contributed by atoms with Crippen molar-refractivity contribution in [3.8, 4) is 0 Å². The van der Waals surface area contributed by atoms with E-state index in [1.807, 2.05) is 0 Å². The summed E-state index contributed by atoms with van der Waals surface area (Å²) in [4.78, 5) is 10.7. The van der Waals surface area contributed by atoms with Crippen LogP contribution in [0, 0.1) is 0 Å². The molecular formula is C11H9ClO4S. The van der Waals surface area contributed by atoms with Crippen LogP contribution < -0.4 is 0 Å². The van der Waals surface area contributed by atoms with Gasteiger partial charge in [-0.25, -0.2) is 8.42 Å². The van der Waals surface area contributed by atoms with E-state index in [-0.39, 0.29) is 17.7 Å². The Balaban J connectivity index is 2.44. The van der Waals surface area contributed by atoms with Gasteiger partial charge in [0.1, 0.15) is 0 Å². The zero-order valence-corrected chi connectivity index (χ0v) is 10.3. The molecule has 0 atom stereocenters. The molecule has 0 aromatic heterocycles. The summed E-state index contributed by atoms with van der Waals surface area (Å²) in [6.45, 7) is 0. The van der Waals surface area contributed by atoms with Crippen LogP contribution >= 0.6 is 11.6 Å². The number of benzene rings is 1. The lowest BCUT2D eigenvalue weighted by atomic mass is 10.0. The highest BCUT2D eigenvalue weighted by Crippen LogP contribution is 2.37. The van der Waals surface area contributed by atoms with Crippen LogP contribution in [0.2, 0.25) is 5.02 Å². The smallest absolute Gasteiger partial charge is 0.303 e. The van der Waals surface area contributed by atoms with Gasteiger partial charge in [0.15, 0.2) is 0 Å². The molecule has 1 aromatic carbocycles. The monoisotopic (exact) mass is 272 g/mol. The quantitative estimate of drug-likeness (QED) is 0.917. The van der Waals surface area contributed by atoms with Crippen LogP contribution in [0.1, 0.15) is 18.4 Å². The van der Waals surface area contributed by atoms with Gasteiger partial charge < -0.3 is 5.11 Å². The number of allylic oxidation sites excluding steroid dienone is 1. The minimum Gasteiger partial charge on any atom is -0.481 e. The second kappa shape index (κ2) is 4.16. The molecule has 0 fully saturated rings. The van der Waals surface area contributed by atoms with Crippen LogP contribution in [0.3, 0.4) is 0 Å². The van der Waals surface area contributed by atoms with Gasteiger partial charge >= 0.3 is 5.97 Å². The van der Waals surface area contributed by atoms with Crippen molar-refractivity contribution in [3.05, 3.63) is 34.2 Å². The number of carboxylic acid groups (broad SMARTS) is 1. The van der Waals surface area contributed by atoms with Gasteiger partial charge in [0.2, 0.25) is 9.84 Å². The van der Waals surface area contributed by atoms with Gasteiger partial charge in [-0.3, -0.25) is 4.79 Å². The average molecular weight is 273 g/mol. The molecule has 17 heavy (non-hydrogen) atoms. The van der Waals surface area contributed by atoms with Crippen LogP contribution in [0.4, 0.5) is 0 Å². The van der Waals surface area contributed by atoms with Crippen LogP contribution in [-0.2, 0) is 14.6 Å². The maximum atomic E-state index is 11.8. The highest BCUT2D eigenvalue weighted by atomic mass is 35.5. The first-order chi connectivity index (χ1) is 7.90. The molecule has 0 radical (unpaired) electrons. The highest BCUT2D eigenvalue weighted by Gasteiger charge is 2.26. The van der Waals surface area contributed by atoms with Crippen molar-refractivity contribution in [1.29, 1.82) is 0 Å². The van der Waals surface area contributed by atoms with E-state index in [0.29, 0.717) is 16.2 Å². The van der Waals surface area contributed by atoms with Gasteiger partial charge in [-0.05, 0) is 35.8 Å². The Labute approximate surface area is 103 Å². The number of rotatable bonds is 3. The molecule has 0 unspecified atom stereocenters. The third-order valence-corrected chi connectivity index (χ3v) is 4.30. The van der Waals surface area contributed by atoms with E-state index in [2.05, 4.69) is 0 Å². The molecule has 0 saturated heterocycles. The normalized spacial score (nSPS) is 16.4. The Morgan fingerprint density at radius 2 is 2.06 bits per heavy atom. The molecule has 4 nitrogen and oxygen atoms in total. The molecule has 1 heterocycles. The van der Waals surface area contributed by atoms with Crippen molar-refractivity contribution in [1.82, 2.24) is 0 Å². The van der Waals surface area contributed by atoms with Crippen LogP contribution in [0.15, 0.2) is 28.5 Å². The lowest BCUT2D eigenvalue weighted by Crippen LogP contribution is -1.95. The number of aliphatic carboxylic acids is 1. The van der Waals surface area contributed by atoms with Crippen molar-refractivity contribution in [2.75, 3.05) is 0 Å². The van der Waals surface area contributed by atoms with Crippen LogP contribution in [0.25, 0.3) is 5.57 Å². The highest BCUT2D eigenvalue weighted by molar-refractivity contribution is 7.95. The maximum Gasteiger partial charge on any atom is 0.303 e. The van der Waals surface area contributed by atoms with E-state index in [0.717, 1.165) is 5.41 Å². The topological polar surface area (TPSA) is 71.4 Å². The number of halogens is 1. The first-order valence-electron chi connectivity index (χ1n) is 4.87. The molecule has 1 N–H and O–H groups in total.